The van der Waals surface area contributed by atoms with Crippen molar-refractivity contribution >= 4 is 16.9 Å². The number of benzene rings is 1. The third-order valence-corrected chi connectivity index (χ3v) is 2.92. The molecule has 0 spiro atoms. The Morgan fingerprint density at radius 3 is 2.82 bits per heavy atom. The number of carboxylic acids is 1. The van der Waals surface area contributed by atoms with E-state index in [1.807, 2.05) is 36.0 Å². The Morgan fingerprint density at radius 2 is 2.18 bits per heavy atom. The normalized spacial score (nSPS) is 10.7. The summed E-state index contributed by atoms with van der Waals surface area (Å²) in [5, 5.41) is 9.79. The van der Waals surface area contributed by atoms with Crippen molar-refractivity contribution in [2.75, 3.05) is 7.11 Å². The highest BCUT2D eigenvalue weighted by molar-refractivity contribution is 5.89. The maximum absolute atomic E-state index is 10.6. The Bertz CT molecular complexity index is 557. The first kappa shape index (κ1) is 11.5. The number of aryl methyl sites for hydroxylation is 2. The van der Waals surface area contributed by atoms with Crippen molar-refractivity contribution in [2.45, 2.75) is 12.8 Å². The van der Waals surface area contributed by atoms with Gasteiger partial charge in [0.1, 0.15) is 5.75 Å². The van der Waals surface area contributed by atoms with Crippen LogP contribution in [-0.2, 0) is 18.3 Å². The number of aliphatic carboxylic acids is 1. The summed E-state index contributed by atoms with van der Waals surface area (Å²) in [6.07, 6.45) is 2.65. The van der Waals surface area contributed by atoms with Crippen molar-refractivity contribution in [2.24, 2.45) is 7.05 Å². The van der Waals surface area contributed by atoms with Gasteiger partial charge in [-0.2, -0.15) is 0 Å². The van der Waals surface area contributed by atoms with Gasteiger partial charge in [-0.1, -0.05) is 6.07 Å². The summed E-state index contributed by atoms with van der Waals surface area (Å²) in [6, 6.07) is 5.82. The molecule has 1 aromatic heterocycles. The largest absolute Gasteiger partial charge is 0.495 e. The van der Waals surface area contributed by atoms with E-state index in [1.165, 1.54) is 0 Å². The summed E-state index contributed by atoms with van der Waals surface area (Å²) in [4.78, 5) is 10.6. The molecule has 2 rings (SSSR count). The molecular formula is C13H15NO3. The fourth-order valence-corrected chi connectivity index (χ4v) is 2.06. The van der Waals surface area contributed by atoms with Crippen molar-refractivity contribution in [1.82, 2.24) is 4.57 Å². The van der Waals surface area contributed by atoms with Crippen molar-refractivity contribution in [3.05, 3.63) is 30.0 Å². The van der Waals surface area contributed by atoms with Crippen LogP contribution >= 0.6 is 0 Å². The van der Waals surface area contributed by atoms with Gasteiger partial charge in [0.2, 0.25) is 0 Å². The Hall–Kier alpha value is -1.97. The summed E-state index contributed by atoms with van der Waals surface area (Å²) in [6.45, 7) is 0. The van der Waals surface area contributed by atoms with Crippen LogP contribution in [-0.4, -0.2) is 22.8 Å². The number of ether oxygens (including phenoxy) is 1. The lowest BCUT2D eigenvalue weighted by molar-refractivity contribution is -0.136. The van der Waals surface area contributed by atoms with Crippen LogP contribution in [0, 0.1) is 0 Å². The van der Waals surface area contributed by atoms with Gasteiger partial charge in [0.25, 0.3) is 0 Å². The molecule has 0 aliphatic heterocycles. The highest BCUT2D eigenvalue weighted by atomic mass is 16.5. The lowest BCUT2D eigenvalue weighted by Crippen LogP contribution is -1.98. The molecule has 0 unspecified atom stereocenters. The van der Waals surface area contributed by atoms with Crippen LogP contribution < -0.4 is 4.74 Å². The van der Waals surface area contributed by atoms with Gasteiger partial charge < -0.3 is 14.4 Å². The molecule has 0 bridgehead atoms. The molecule has 90 valence electrons. The molecule has 1 heterocycles. The highest BCUT2D eigenvalue weighted by Gasteiger charge is 2.10. The van der Waals surface area contributed by atoms with E-state index >= 15 is 0 Å². The summed E-state index contributed by atoms with van der Waals surface area (Å²) in [5.74, 6) is 0.0384. The van der Waals surface area contributed by atoms with Crippen molar-refractivity contribution in [3.63, 3.8) is 0 Å². The SMILES string of the molecule is COc1ccc(CCC(=O)O)c2ccn(C)c12. The predicted molar refractivity (Wildman–Crippen MR) is 65.4 cm³/mol. The number of carbonyl (C=O) groups is 1. The van der Waals surface area contributed by atoms with Crippen LogP contribution in [0.15, 0.2) is 24.4 Å². The second kappa shape index (κ2) is 4.49. The average Bonchev–Trinajstić information content (AvgIpc) is 2.69. The van der Waals surface area contributed by atoms with Crippen molar-refractivity contribution in [1.29, 1.82) is 0 Å². The second-order valence-electron chi connectivity index (χ2n) is 4.01. The van der Waals surface area contributed by atoms with Gasteiger partial charge in [0.05, 0.1) is 12.6 Å². The Kier molecular flexibility index (Phi) is 3.04. The average molecular weight is 233 g/mol. The molecule has 4 nitrogen and oxygen atoms in total. The molecule has 17 heavy (non-hydrogen) atoms. The summed E-state index contributed by atoms with van der Waals surface area (Å²) < 4.78 is 7.29. The molecule has 0 atom stereocenters. The van der Waals surface area contributed by atoms with E-state index in [2.05, 4.69) is 0 Å². The van der Waals surface area contributed by atoms with Crippen LogP contribution in [0.25, 0.3) is 10.9 Å². The number of nitrogens with zero attached hydrogens (tertiary/aromatic N) is 1. The number of methoxy groups -OCH3 is 1. The number of aromatic nitrogens is 1. The molecule has 0 radical (unpaired) electrons. The standard InChI is InChI=1S/C13H15NO3/c1-14-8-7-10-9(4-6-12(15)16)3-5-11(17-2)13(10)14/h3,5,7-8H,4,6H2,1-2H3,(H,15,16). The topological polar surface area (TPSA) is 51.5 Å². The molecule has 4 heteroatoms. The maximum atomic E-state index is 10.6. The molecule has 1 N–H and O–H groups in total. The molecule has 0 aliphatic carbocycles. The summed E-state index contributed by atoms with van der Waals surface area (Å²) in [5.41, 5.74) is 2.05. The van der Waals surface area contributed by atoms with Crippen molar-refractivity contribution in [3.8, 4) is 5.75 Å². The molecule has 2 aromatic rings. The van der Waals surface area contributed by atoms with Crippen molar-refractivity contribution < 1.29 is 14.6 Å². The zero-order valence-corrected chi connectivity index (χ0v) is 9.93. The van der Waals surface area contributed by atoms with Gasteiger partial charge in [-0.15, -0.1) is 0 Å². The number of fused-ring (bicyclic) bond motifs is 1. The minimum atomic E-state index is -0.773. The minimum absolute atomic E-state index is 0.149. The van der Waals surface area contributed by atoms with Gasteiger partial charge in [0.15, 0.2) is 0 Å². The van der Waals surface area contributed by atoms with Crippen LogP contribution in [0.4, 0.5) is 0 Å². The van der Waals surface area contributed by atoms with E-state index in [0.29, 0.717) is 6.42 Å². The van der Waals surface area contributed by atoms with E-state index in [9.17, 15) is 4.79 Å². The Labute approximate surface area is 99.4 Å². The van der Waals surface area contributed by atoms with E-state index < -0.39 is 5.97 Å². The zero-order chi connectivity index (χ0) is 12.4. The Balaban J connectivity index is 2.48. The quantitative estimate of drug-likeness (QED) is 0.880. The van der Waals surface area contributed by atoms with Gasteiger partial charge >= 0.3 is 5.97 Å². The van der Waals surface area contributed by atoms with Crippen LogP contribution in [0.5, 0.6) is 5.75 Å². The molecule has 1 aromatic carbocycles. The van der Waals surface area contributed by atoms with Crippen LogP contribution in [0.2, 0.25) is 0 Å². The third-order valence-electron chi connectivity index (χ3n) is 2.92. The summed E-state index contributed by atoms with van der Waals surface area (Å²) >= 11 is 0. The van der Waals surface area contributed by atoms with Gasteiger partial charge in [-0.3, -0.25) is 4.79 Å². The van der Waals surface area contributed by atoms with E-state index in [-0.39, 0.29) is 6.42 Å². The number of carboxylic acid groups (broad SMARTS) is 1. The van der Waals surface area contributed by atoms with E-state index in [1.54, 1.807) is 7.11 Å². The number of hydrogen-bond acceptors (Lipinski definition) is 2. The smallest absolute Gasteiger partial charge is 0.303 e. The lowest BCUT2D eigenvalue weighted by Gasteiger charge is -2.08. The lowest BCUT2D eigenvalue weighted by atomic mass is 10.0. The van der Waals surface area contributed by atoms with E-state index in [4.69, 9.17) is 9.84 Å². The molecular weight excluding hydrogens is 218 g/mol. The van der Waals surface area contributed by atoms with E-state index in [0.717, 1.165) is 22.2 Å². The Morgan fingerprint density at radius 1 is 1.41 bits per heavy atom. The zero-order valence-electron chi connectivity index (χ0n) is 9.93. The highest BCUT2D eigenvalue weighted by Crippen LogP contribution is 2.29. The fraction of sp³-hybridized carbons (Fsp3) is 0.308. The molecule has 0 saturated heterocycles. The molecule has 0 aliphatic rings. The van der Waals surface area contributed by atoms with Crippen LogP contribution in [0.1, 0.15) is 12.0 Å². The summed E-state index contributed by atoms with van der Waals surface area (Å²) in [7, 11) is 3.59. The maximum Gasteiger partial charge on any atom is 0.303 e. The first-order valence-electron chi connectivity index (χ1n) is 5.46. The van der Waals surface area contributed by atoms with Gasteiger partial charge in [0, 0.05) is 25.1 Å². The first-order valence-corrected chi connectivity index (χ1v) is 5.46. The molecule has 0 fully saturated rings. The third kappa shape index (κ3) is 2.11. The molecule has 0 saturated carbocycles. The van der Waals surface area contributed by atoms with Gasteiger partial charge in [-0.05, 0) is 24.1 Å². The first-order chi connectivity index (χ1) is 8.13. The monoisotopic (exact) mass is 233 g/mol. The second-order valence-corrected chi connectivity index (χ2v) is 4.01. The van der Waals surface area contributed by atoms with Crippen LogP contribution in [0.3, 0.4) is 0 Å². The molecule has 0 amide bonds. The van der Waals surface area contributed by atoms with Gasteiger partial charge in [-0.25, -0.2) is 0 Å². The minimum Gasteiger partial charge on any atom is -0.495 e. The number of rotatable bonds is 4. The number of hydrogen-bond donors (Lipinski definition) is 1. The predicted octanol–water partition coefficient (Wildman–Crippen LogP) is 2.20. The fourth-order valence-electron chi connectivity index (χ4n) is 2.06.